The van der Waals surface area contributed by atoms with Gasteiger partial charge in [-0.1, -0.05) is 0 Å². The molecule has 1 aliphatic carbocycles. The molecule has 3 heteroatoms. The molecule has 0 spiro atoms. The number of halogens is 1. The Hall–Kier alpha value is -1.01. The molecular weight excluding hydrogens is 209 g/mol. The maximum Gasteiger partial charge on any atom is 0.123 e. The van der Waals surface area contributed by atoms with Crippen molar-refractivity contribution >= 4 is 11.8 Å². The third-order valence-corrected chi connectivity index (χ3v) is 4.38. The second-order valence-electron chi connectivity index (χ2n) is 3.97. The first-order chi connectivity index (χ1) is 7.15. The van der Waals surface area contributed by atoms with E-state index in [0.29, 0.717) is 0 Å². The average Bonchev–Trinajstić information content (AvgIpc) is 2.14. The van der Waals surface area contributed by atoms with Gasteiger partial charge < -0.3 is 0 Å². The van der Waals surface area contributed by atoms with E-state index in [0.717, 1.165) is 29.7 Å². The number of rotatable bonds is 2. The van der Waals surface area contributed by atoms with Gasteiger partial charge in [0.25, 0.3) is 0 Å². The molecule has 1 aromatic rings. The van der Waals surface area contributed by atoms with E-state index < -0.39 is 0 Å². The Labute approximate surface area is 93.3 Å². The van der Waals surface area contributed by atoms with E-state index in [4.69, 9.17) is 5.26 Å². The van der Waals surface area contributed by atoms with Crippen molar-refractivity contribution in [2.75, 3.05) is 0 Å². The van der Waals surface area contributed by atoms with Gasteiger partial charge in [-0.2, -0.15) is 5.26 Å². The SMILES string of the molecule is Cc1cc(F)ccc1SC1(C#N)CCC1. The van der Waals surface area contributed by atoms with Gasteiger partial charge in [-0.25, -0.2) is 4.39 Å². The minimum absolute atomic E-state index is 0.212. The van der Waals surface area contributed by atoms with Gasteiger partial charge in [-0.05, 0) is 49.9 Å². The van der Waals surface area contributed by atoms with Crippen molar-refractivity contribution in [3.05, 3.63) is 29.6 Å². The third kappa shape index (κ3) is 2.00. The first-order valence-corrected chi connectivity index (χ1v) is 5.83. The molecule has 0 saturated heterocycles. The molecule has 1 aromatic carbocycles. The zero-order chi connectivity index (χ0) is 10.9. The van der Waals surface area contributed by atoms with Crippen molar-refractivity contribution < 1.29 is 4.39 Å². The molecule has 1 nitrogen and oxygen atoms in total. The van der Waals surface area contributed by atoms with Crippen LogP contribution in [0.4, 0.5) is 4.39 Å². The number of hydrogen-bond donors (Lipinski definition) is 0. The minimum Gasteiger partial charge on any atom is -0.207 e. The summed E-state index contributed by atoms with van der Waals surface area (Å²) in [5.41, 5.74) is 0.918. The van der Waals surface area contributed by atoms with Gasteiger partial charge in [0.15, 0.2) is 0 Å². The maximum absolute atomic E-state index is 12.9. The lowest BCUT2D eigenvalue weighted by Crippen LogP contribution is -2.31. The Balaban J connectivity index is 2.21. The fraction of sp³-hybridized carbons (Fsp3) is 0.417. The van der Waals surface area contributed by atoms with Crippen LogP contribution >= 0.6 is 11.8 Å². The summed E-state index contributed by atoms with van der Waals surface area (Å²) in [6.45, 7) is 1.88. The van der Waals surface area contributed by atoms with E-state index in [2.05, 4.69) is 6.07 Å². The molecule has 0 aromatic heterocycles. The van der Waals surface area contributed by atoms with Crippen molar-refractivity contribution in [2.45, 2.75) is 35.8 Å². The van der Waals surface area contributed by atoms with Gasteiger partial charge in [-0.15, -0.1) is 11.8 Å². The van der Waals surface area contributed by atoms with Gasteiger partial charge in [0.05, 0.1) is 6.07 Å². The molecule has 0 N–H and O–H groups in total. The minimum atomic E-state index is -0.247. The van der Waals surface area contributed by atoms with Crippen LogP contribution in [0.3, 0.4) is 0 Å². The fourth-order valence-corrected chi connectivity index (χ4v) is 2.99. The summed E-state index contributed by atoms with van der Waals surface area (Å²) < 4.78 is 12.6. The number of hydrogen-bond acceptors (Lipinski definition) is 2. The molecule has 2 rings (SSSR count). The molecule has 0 heterocycles. The average molecular weight is 221 g/mol. The predicted molar refractivity (Wildman–Crippen MR) is 59.2 cm³/mol. The zero-order valence-electron chi connectivity index (χ0n) is 8.59. The van der Waals surface area contributed by atoms with Crippen LogP contribution in [0.25, 0.3) is 0 Å². The highest BCUT2D eigenvalue weighted by Gasteiger charge is 2.38. The molecule has 78 valence electrons. The smallest absolute Gasteiger partial charge is 0.123 e. The summed E-state index contributed by atoms with van der Waals surface area (Å²) in [7, 11) is 0. The van der Waals surface area contributed by atoms with Gasteiger partial charge in [0.2, 0.25) is 0 Å². The molecule has 1 fully saturated rings. The lowest BCUT2D eigenvalue weighted by molar-refractivity contribution is 0.440. The van der Waals surface area contributed by atoms with Crippen molar-refractivity contribution in [3.8, 4) is 6.07 Å². The van der Waals surface area contributed by atoms with Crippen molar-refractivity contribution in [1.29, 1.82) is 5.26 Å². The Morgan fingerprint density at radius 3 is 2.67 bits per heavy atom. The quantitative estimate of drug-likeness (QED) is 0.760. The van der Waals surface area contributed by atoms with Crippen LogP contribution in [0.1, 0.15) is 24.8 Å². The second kappa shape index (κ2) is 3.86. The largest absolute Gasteiger partial charge is 0.207 e. The standard InChI is InChI=1S/C12H12FNS/c1-9-7-10(13)3-4-11(9)15-12(8-14)5-2-6-12/h3-4,7H,2,5-6H2,1H3. The van der Waals surface area contributed by atoms with E-state index in [1.165, 1.54) is 12.1 Å². The monoisotopic (exact) mass is 221 g/mol. The van der Waals surface area contributed by atoms with Crippen LogP contribution in [0.15, 0.2) is 23.1 Å². The lowest BCUT2D eigenvalue weighted by atomic mass is 9.86. The molecule has 0 aliphatic heterocycles. The highest BCUT2D eigenvalue weighted by molar-refractivity contribution is 8.01. The van der Waals surface area contributed by atoms with Crippen LogP contribution in [0.5, 0.6) is 0 Å². The van der Waals surface area contributed by atoms with Gasteiger partial charge >= 0.3 is 0 Å². The van der Waals surface area contributed by atoms with Crippen LogP contribution in [-0.2, 0) is 0 Å². The summed E-state index contributed by atoms with van der Waals surface area (Å²) in [5.74, 6) is -0.212. The Bertz CT molecular complexity index is 418. The van der Waals surface area contributed by atoms with Crippen LogP contribution in [0, 0.1) is 24.1 Å². The molecule has 0 amide bonds. The summed E-state index contributed by atoms with van der Waals surface area (Å²) in [4.78, 5) is 1.03. The normalized spacial score (nSPS) is 17.9. The summed E-state index contributed by atoms with van der Waals surface area (Å²) >= 11 is 1.59. The lowest BCUT2D eigenvalue weighted by Gasteiger charge is -2.34. The molecule has 0 bridgehead atoms. The Morgan fingerprint density at radius 2 is 2.20 bits per heavy atom. The number of nitrogens with zero attached hydrogens (tertiary/aromatic N) is 1. The molecule has 0 unspecified atom stereocenters. The van der Waals surface area contributed by atoms with Crippen LogP contribution < -0.4 is 0 Å². The van der Waals surface area contributed by atoms with Crippen molar-refractivity contribution in [2.24, 2.45) is 0 Å². The summed E-state index contributed by atoms with van der Waals surface area (Å²) in [5, 5.41) is 9.10. The molecule has 1 saturated carbocycles. The van der Waals surface area contributed by atoms with E-state index >= 15 is 0 Å². The predicted octanol–water partition coefficient (Wildman–Crippen LogP) is 3.67. The van der Waals surface area contributed by atoms with E-state index in [1.807, 2.05) is 6.92 Å². The van der Waals surface area contributed by atoms with Crippen molar-refractivity contribution in [1.82, 2.24) is 0 Å². The molecule has 0 radical (unpaired) electrons. The Kier molecular flexibility index (Phi) is 2.70. The number of thioether (sulfide) groups is 1. The van der Waals surface area contributed by atoms with Crippen LogP contribution in [0.2, 0.25) is 0 Å². The highest BCUT2D eigenvalue weighted by atomic mass is 32.2. The summed E-state index contributed by atoms with van der Waals surface area (Å²) in [6, 6.07) is 7.12. The first kappa shape index (κ1) is 10.5. The van der Waals surface area contributed by atoms with Crippen LogP contribution in [-0.4, -0.2) is 4.75 Å². The molecule has 0 atom stereocenters. The van der Waals surface area contributed by atoms with Gasteiger partial charge in [0.1, 0.15) is 10.6 Å². The third-order valence-electron chi connectivity index (χ3n) is 2.81. The first-order valence-electron chi connectivity index (χ1n) is 5.02. The zero-order valence-corrected chi connectivity index (χ0v) is 9.40. The van der Waals surface area contributed by atoms with E-state index in [1.54, 1.807) is 17.8 Å². The topological polar surface area (TPSA) is 23.8 Å². The Morgan fingerprint density at radius 1 is 1.47 bits per heavy atom. The molecule has 1 aliphatic rings. The van der Waals surface area contributed by atoms with E-state index in [-0.39, 0.29) is 10.6 Å². The number of aryl methyl sites for hydroxylation is 1. The summed E-state index contributed by atoms with van der Waals surface area (Å²) in [6.07, 6.45) is 3.02. The highest BCUT2D eigenvalue weighted by Crippen LogP contribution is 2.47. The van der Waals surface area contributed by atoms with Gasteiger partial charge in [0, 0.05) is 4.90 Å². The second-order valence-corrected chi connectivity index (χ2v) is 5.40. The fourth-order valence-electron chi connectivity index (χ4n) is 1.67. The number of benzene rings is 1. The van der Waals surface area contributed by atoms with E-state index in [9.17, 15) is 4.39 Å². The van der Waals surface area contributed by atoms with Gasteiger partial charge in [-0.3, -0.25) is 0 Å². The molecular formula is C12H12FNS. The number of nitriles is 1. The maximum atomic E-state index is 12.9. The van der Waals surface area contributed by atoms with Crippen molar-refractivity contribution in [3.63, 3.8) is 0 Å². The molecule has 15 heavy (non-hydrogen) atoms.